The van der Waals surface area contributed by atoms with Gasteiger partial charge < -0.3 is 4.42 Å². The number of benzene rings is 3. The quantitative estimate of drug-likeness (QED) is 0.0966. The van der Waals surface area contributed by atoms with Crippen LogP contribution in [0.2, 0.25) is 0 Å². The number of thiophene rings is 1. The maximum atomic E-state index is 6.30. The highest BCUT2D eigenvalue weighted by Crippen LogP contribution is 2.43. The molecule has 48 heavy (non-hydrogen) atoms. The molecule has 1 aliphatic rings. The summed E-state index contributed by atoms with van der Waals surface area (Å²) in [5, 5.41) is 3.28. The molecule has 0 aliphatic carbocycles. The van der Waals surface area contributed by atoms with Crippen molar-refractivity contribution >= 4 is 56.8 Å². The van der Waals surface area contributed by atoms with Gasteiger partial charge in [-0.1, -0.05) is 74.4 Å². The molecule has 4 heteroatoms. The number of aryl methyl sites for hydroxylation is 4. The molecular formula is C44H41N2OS+. The first-order valence-electron chi connectivity index (χ1n) is 16.5. The largest absolute Gasteiger partial charge is 0.455 e. The van der Waals surface area contributed by atoms with Crippen molar-refractivity contribution in [1.29, 1.82) is 0 Å². The van der Waals surface area contributed by atoms with Crippen LogP contribution in [0.25, 0.3) is 50.5 Å². The second-order valence-corrected chi connectivity index (χ2v) is 14.3. The lowest BCUT2D eigenvalue weighted by atomic mass is 9.76. The minimum Gasteiger partial charge on any atom is -0.455 e. The van der Waals surface area contributed by atoms with Crippen LogP contribution in [0.5, 0.6) is 0 Å². The van der Waals surface area contributed by atoms with E-state index in [4.69, 9.17) is 9.41 Å². The van der Waals surface area contributed by atoms with Gasteiger partial charge in [-0.15, -0.1) is 11.3 Å². The van der Waals surface area contributed by atoms with Crippen LogP contribution in [0.15, 0.2) is 119 Å². The van der Waals surface area contributed by atoms with Crippen molar-refractivity contribution in [1.82, 2.24) is 0 Å². The molecule has 3 unspecified atom stereocenters. The number of aliphatic imine (C=N–C) groups is 1. The van der Waals surface area contributed by atoms with Crippen LogP contribution >= 0.6 is 11.3 Å². The van der Waals surface area contributed by atoms with Crippen LogP contribution in [-0.2, 0) is 0 Å². The van der Waals surface area contributed by atoms with E-state index in [-0.39, 0.29) is 18.0 Å². The first kappa shape index (κ1) is 31.5. The van der Waals surface area contributed by atoms with E-state index < -0.39 is 0 Å². The molecule has 238 valence electrons. The van der Waals surface area contributed by atoms with Crippen LogP contribution in [0.4, 0.5) is 0 Å². The fourth-order valence-electron chi connectivity index (χ4n) is 7.49. The zero-order chi connectivity index (χ0) is 33.7. The lowest BCUT2D eigenvalue weighted by Gasteiger charge is -2.33. The highest BCUT2D eigenvalue weighted by Gasteiger charge is 2.43. The van der Waals surface area contributed by atoms with Crippen molar-refractivity contribution in [2.45, 2.75) is 52.6 Å². The second-order valence-electron chi connectivity index (χ2n) is 13.1. The number of allylic oxidation sites excluding steroid dienone is 3. The molecule has 3 atom stereocenters. The molecule has 3 aromatic heterocycles. The van der Waals surface area contributed by atoms with E-state index in [1.807, 2.05) is 6.21 Å². The number of fused-ring (bicyclic) bond motifs is 6. The standard InChI is InChI=1S/C44H41N2OS/c1-9-38-41(36-16-11-10-15-35(36)39-22-17-26(2)25-46(38)39)42(45-24-30(6)40-27(3)13-12-14-28(40)4)29(5)18-20-34-32(8)47-43-37(34)21-19-33-23-31(7)48-44(33)43/h9-25,38,41-42H,1,6,8H2,2-5,7H3/q+1/b29-18+,34-20+,45-24+. The highest BCUT2D eigenvalue weighted by molar-refractivity contribution is 7.19. The van der Waals surface area contributed by atoms with Crippen LogP contribution < -0.4 is 15.2 Å². The summed E-state index contributed by atoms with van der Waals surface area (Å²) >= 11 is 1.76. The monoisotopic (exact) mass is 645 g/mol. The summed E-state index contributed by atoms with van der Waals surface area (Å²) in [7, 11) is 0. The maximum absolute atomic E-state index is 6.30. The van der Waals surface area contributed by atoms with Crippen molar-refractivity contribution in [3.63, 3.8) is 0 Å². The number of rotatable bonds is 7. The van der Waals surface area contributed by atoms with Gasteiger partial charge in [0.2, 0.25) is 5.69 Å². The van der Waals surface area contributed by atoms with Gasteiger partial charge in [0.05, 0.1) is 16.7 Å². The summed E-state index contributed by atoms with van der Waals surface area (Å²) in [6.07, 6.45) is 10.7. The van der Waals surface area contributed by atoms with Gasteiger partial charge in [0.15, 0.2) is 17.8 Å². The van der Waals surface area contributed by atoms with Crippen LogP contribution in [0, 0.1) is 27.7 Å². The Kier molecular flexibility index (Phi) is 8.22. The fourth-order valence-corrected chi connectivity index (χ4v) is 8.49. The minimum atomic E-state index is -0.203. The van der Waals surface area contributed by atoms with E-state index in [9.17, 15) is 0 Å². The Labute approximate surface area is 286 Å². The fraction of sp³-hybridized carbons (Fsp3) is 0.182. The van der Waals surface area contributed by atoms with E-state index in [0.29, 0.717) is 5.42 Å². The molecule has 1 aliphatic heterocycles. The Bertz CT molecular complexity index is 2420. The molecule has 0 radical (unpaired) electrons. The smallest absolute Gasteiger partial charge is 0.213 e. The summed E-state index contributed by atoms with van der Waals surface area (Å²) in [6.45, 7) is 23.9. The predicted molar refractivity (Wildman–Crippen MR) is 205 cm³/mol. The normalized spacial score (nSPS) is 17.2. The van der Waals surface area contributed by atoms with Crippen molar-refractivity contribution in [2.75, 3.05) is 0 Å². The third-order valence-electron chi connectivity index (χ3n) is 9.74. The summed E-state index contributed by atoms with van der Waals surface area (Å²) in [5.41, 5.74) is 12.0. The summed E-state index contributed by atoms with van der Waals surface area (Å²) < 4.78 is 9.84. The SMILES string of the molecule is C=CC1C(C(/N=C/C(=C)c2c(C)cccc2C)/C(C)=C/C=c2\c(=C)oc3c2ccc2cc(C)sc23)c2ccccc2-c2ccc(C)c[n+]21. The van der Waals surface area contributed by atoms with Crippen molar-refractivity contribution < 1.29 is 8.98 Å². The van der Waals surface area contributed by atoms with E-state index >= 15 is 0 Å². The molecule has 4 heterocycles. The summed E-state index contributed by atoms with van der Waals surface area (Å²) in [6, 6.07) is 25.8. The third kappa shape index (κ3) is 5.40. The average molecular weight is 646 g/mol. The van der Waals surface area contributed by atoms with Crippen LogP contribution in [0.3, 0.4) is 0 Å². The molecule has 7 rings (SSSR count). The lowest BCUT2D eigenvalue weighted by molar-refractivity contribution is -0.707. The topological polar surface area (TPSA) is 29.4 Å². The first-order chi connectivity index (χ1) is 23.2. The predicted octanol–water partition coefficient (Wildman–Crippen LogP) is 9.65. The highest BCUT2D eigenvalue weighted by atomic mass is 32.1. The molecule has 0 amide bonds. The Hall–Kier alpha value is -5.06. The number of furan rings is 1. The number of hydrogen-bond acceptors (Lipinski definition) is 3. The van der Waals surface area contributed by atoms with Crippen LogP contribution in [0.1, 0.15) is 51.6 Å². The Morgan fingerprint density at radius 2 is 1.75 bits per heavy atom. The van der Waals surface area contributed by atoms with Gasteiger partial charge >= 0.3 is 0 Å². The molecule has 0 fully saturated rings. The van der Waals surface area contributed by atoms with Gasteiger partial charge in [-0.25, -0.2) is 0 Å². The summed E-state index contributed by atoms with van der Waals surface area (Å²) in [5.74, 6) is -0.00120. The van der Waals surface area contributed by atoms with Gasteiger partial charge in [-0.05, 0) is 104 Å². The van der Waals surface area contributed by atoms with Gasteiger partial charge in [0, 0.05) is 38.9 Å². The molecule has 3 aromatic carbocycles. The van der Waals surface area contributed by atoms with Crippen molar-refractivity contribution in [3.8, 4) is 11.3 Å². The van der Waals surface area contributed by atoms with Crippen molar-refractivity contribution in [3.05, 3.63) is 153 Å². The number of aromatic nitrogens is 1. The van der Waals surface area contributed by atoms with Crippen molar-refractivity contribution in [2.24, 2.45) is 4.99 Å². The van der Waals surface area contributed by atoms with Gasteiger partial charge in [0.25, 0.3) is 0 Å². The van der Waals surface area contributed by atoms with E-state index in [1.54, 1.807) is 11.3 Å². The van der Waals surface area contributed by atoms with Gasteiger partial charge in [0.1, 0.15) is 5.42 Å². The molecule has 0 bridgehead atoms. The first-order valence-corrected chi connectivity index (χ1v) is 17.3. The second kappa shape index (κ2) is 12.5. The average Bonchev–Trinajstić information content (AvgIpc) is 3.61. The molecule has 0 saturated carbocycles. The number of pyridine rings is 1. The van der Waals surface area contributed by atoms with E-state index in [0.717, 1.165) is 32.9 Å². The van der Waals surface area contributed by atoms with Gasteiger partial charge in [-0.3, -0.25) is 4.99 Å². The minimum absolute atomic E-state index is 0.00120. The molecule has 6 aromatic rings. The Balaban J connectivity index is 1.41. The molecule has 0 spiro atoms. The van der Waals surface area contributed by atoms with E-state index in [2.05, 4.69) is 156 Å². The summed E-state index contributed by atoms with van der Waals surface area (Å²) in [4.78, 5) is 6.68. The maximum Gasteiger partial charge on any atom is 0.213 e. The van der Waals surface area contributed by atoms with Crippen LogP contribution in [-0.4, -0.2) is 12.3 Å². The zero-order valence-corrected chi connectivity index (χ0v) is 29.2. The molecule has 0 N–H and O–H groups in total. The molecule has 3 nitrogen and oxygen atoms in total. The number of nitrogens with zero attached hydrogens (tertiary/aromatic N) is 2. The lowest BCUT2D eigenvalue weighted by Crippen LogP contribution is -2.49. The molecule has 0 saturated heterocycles. The number of hydrogen-bond donors (Lipinski definition) is 0. The zero-order valence-electron chi connectivity index (χ0n) is 28.4. The van der Waals surface area contributed by atoms with Gasteiger partial charge in [-0.2, -0.15) is 4.57 Å². The Morgan fingerprint density at radius 1 is 0.979 bits per heavy atom. The van der Waals surface area contributed by atoms with E-state index in [1.165, 1.54) is 48.5 Å². The third-order valence-corrected chi connectivity index (χ3v) is 10.8. The Morgan fingerprint density at radius 3 is 2.52 bits per heavy atom. The molecular weight excluding hydrogens is 605 g/mol.